The highest BCUT2D eigenvalue weighted by Crippen LogP contribution is 2.11. The maximum atomic E-state index is 11.1. The summed E-state index contributed by atoms with van der Waals surface area (Å²) in [4.78, 5) is 22.8. The zero-order valence-electron chi connectivity index (χ0n) is 29.5. The van der Waals surface area contributed by atoms with Crippen LogP contribution in [0.3, 0.4) is 0 Å². The summed E-state index contributed by atoms with van der Waals surface area (Å²) in [5.74, 6) is 0.338. The molecule has 0 aliphatic heterocycles. The summed E-state index contributed by atoms with van der Waals surface area (Å²) in [6, 6.07) is 38.7. The first-order valence-corrected chi connectivity index (χ1v) is 15.9. The van der Waals surface area contributed by atoms with Crippen molar-refractivity contribution in [1.82, 2.24) is 15.0 Å². The maximum Gasteiger partial charge on any atom is 0.339 e. The fourth-order valence-corrected chi connectivity index (χ4v) is 3.75. The molecule has 4 aromatic heterocycles. The van der Waals surface area contributed by atoms with Crippen molar-refractivity contribution in [3.8, 4) is 5.75 Å². The van der Waals surface area contributed by atoms with Gasteiger partial charge in [0.25, 0.3) is 0 Å². The summed E-state index contributed by atoms with van der Waals surface area (Å²) in [6.45, 7) is 13.9. The molecule has 4 heterocycles. The summed E-state index contributed by atoms with van der Waals surface area (Å²) < 4.78 is 5.04. The van der Waals surface area contributed by atoms with E-state index in [0.717, 1.165) is 16.6 Å². The molecule has 3 aromatic carbocycles. The zero-order valence-corrected chi connectivity index (χ0v) is 29.5. The van der Waals surface area contributed by atoms with Gasteiger partial charge in [0.1, 0.15) is 11.3 Å². The minimum Gasteiger partial charge on any atom is -0.508 e. The number of hydrogen-bond donors (Lipinski definition) is 1. The van der Waals surface area contributed by atoms with E-state index >= 15 is 0 Å². The van der Waals surface area contributed by atoms with Gasteiger partial charge in [-0.25, -0.2) is 4.79 Å². The molecule has 7 aromatic rings. The number of pyridine rings is 3. The second-order valence-electron chi connectivity index (χ2n) is 11.3. The lowest BCUT2D eigenvalue weighted by atomic mass is 10.2. The molecule has 0 aliphatic carbocycles. The first-order chi connectivity index (χ1) is 23.5. The summed E-state index contributed by atoms with van der Waals surface area (Å²) in [6.07, 6.45) is 8.97. The number of benzene rings is 3. The predicted molar refractivity (Wildman–Crippen MR) is 203 cm³/mol. The van der Waals surface area contributed by atoms with Gasteiger partial charge in [-0.05, 0) is 120 Å². The largest absolute Gasteiger partial charge is 0.508 e. The second kappa shape index (κ2) is 22.6. The molecule has 0 saturated heterocycles. The van der Waals surface area contributed by atoms with Gasteiger partial charge in [0.2, 0.25) is 0 Å². The van der Waals surface area contributed by atoms with Crippen LogP contribution in [0.5, 0.6) is 5.75 Å². The minimum absolute atomic E-state index is 0.256. The van der Waals surface area contributed by atoms with Gasteiger partial charge in [-0.1, -0.05) is 77.9 Å². The third kappa shape index (κ3) is 18.1. The maximum absolute atomic E-state index is 11.1. The number of nitrogens with zero attached hydrogens (tertiary/aromatic N) is 3. The summed E-state index contributed by atoms with van der Waals surface area (Å²) >= 11 is 0. The van der Waals surface area contributed by atoms with E-state index in [9.17, 15) is 4.79 Å². The van der Waals surface area contributed by atoms with Crippen LogP contribution in [0.15, 0.2) is 162 Å². The molecule has 1 N–H and O–H groups in total. The number of aromatic hydroxyl groups is 1. The van der Waals surface area contributed by atoms with Gasteiger partial charge < -0.3 is 9.52 Å². The Morgan fingerprint density at radius 1 is 0.510 bits per heavy atom. The smallest absolute Gasteiger partial charge is 0.339 e. The van der Waals surface area contributed by atoms with Crippen molar-refractivity contribution in [1.29, 1.82) is 0 Å². The van der Waals surface area contributed by atoms with Gasteiger partial charge in [0.05, 0.1) is 0 Å². The lowest BCUT2D eigenvalue weighted by Crippen LogP contribution is -2.01. The highest BCUT2D eigenvalue weighted by Gasteiger charge is 1.98. The van der Waals surface area contributed by atoms with Gasteiger partial charge in [0, 0.05) is 47.6 Å². The van der Waals surface area contributed by atoms with Crippen molar-refractivity contribution in [3.05, 3.63) is 202 Å². The molecule has 0 spiro atoms. The molecule has 0 atom stereocenters. The van der Waals surface area contributed by atoms with Gasteiger partial charge in [-0.3, -0.25) is 15.0 Å². The highest BCUT2D eigenvalue weighted by molar-refractivity contribution is 5.76. The van der Waals surface area contributed by atoms with Gasteiger partial charge in [0.15, 0.2) is 0 Å². The number of hydrogen-bond acceptors (Lipinski definition) is 6. The fraction of sp³-hybridized carbons (Fsp3) is 0.163. The minimum atomic E-state index is -0.256. The van der Waals surface area contributed by atoms with E-state index in [-0.39, 0.29) is 5.63 Å². The number of phenolic OH excluding ortho intramolecular Hbond substituents is 1. The number of para-hydroxylation sites is 1. The molecule has 0 amide bonds. The number of aryl methyl sites for hydroxylation is 7. The van der Waals surface area contributed by atoms with Crippen LogP contribution < -0.4 is 5.63 Å². The molecule has 0 fully saturated rings. The first kappa shape index (κ1) is 39.3. The van der Waals surface area contributed by atoms with Crippen molar-refractivity contribution in [3.63, 3.8) is 0 Å². The normalized spacial score (nSPS) is 9.29. The molecule has 0 unspecified atom stereocenters. The average molecular weight is 654 g/mol. The summed E-state index contributed by atoms with van der Waals surface area (Å²) in [5, 5.41) is 9.78. The standard InChI is InChI=1S/C10H8O2.C8H10.C7H8O.3C6H7N/c1-7-6-8-4-2-3-5-9(8)12-10(7)11;1-7-3-5-8(2)6-4-7;1-6-3-2-4-7(8)5-6;1-6-2-4-7-5-3-6;1-6-3-2-4-7-5-6;1-6-4-2-3-5-7-6/h2-6H,1H3;3-6H,1-2H3;2-5,8H,1H3;3*2-5H,1H3. The Labute approximate surface area is 290 Å². The van der Waals surface area contributed by atoms with Gasteiger partial charge in [-0.2, -0.15) is 0 Å². The number of rotatable bonds is 0. The molecule has 6 nitrogen and oxygen atoms in total. The second-order valence-corrected chi connectivity index (χ2v) is 11.3. The molecule has 0 radical (unpaired) electrons. The molecule has 0 bridgehead atoms. The molecular formula is C43H47N3O3. The number of aromatic nitrogens is 3. The monoisotopic (exact) mass is 653 g/mol. The summed E-state index contributed by atoms with van der Waals surface area (Å²) in [5.41, 5.74) is 8.33. The van der Waals surface area contributed by atoms with Crippen molar-refractivity contribution < 1.29 is 9.52 Å². The summed E-state index contributed by atoms with van der Waals surface area (Å²) in [7, 11) is 0. The lowest BCUT2D eigenvalue weighted by Gasteiger charge is -1.95. The Morgan fingerprint density at radius 2 is 1.12 bits per heavy atom. The van der Waals surface area contributed by atoms with Gasteiger partial charge >= 0.3 is 5.63 Å². The van der Waals surface area contributed by atoms with Crippen LogP contribution in [0, 0.1) is 48.5 Å². The van der Waals surface area contributed by atoms with E-state index in [1.54, 1.807) is 49.9 Å². The third-order valence-corrected chi connectivity index (χ3v) is 6.50. The Bertz CT molecular complexity index is 1820. The zero-order chi connectivity index (χ0) is 35.9. The predicted octanol–water partition coefficient (Wildman–Crippen LogP) is 10.3. The van der Waals surface area contributed by atoms with Crippen molar-refractivity contribution in [2.75, 3.05) is 0 Å². The highest BCUT2D eigenvalue weighted by atomic mass is 16.4. The molecular weight excluding hydrogens is 606 g/mol. The van der Waals surface area contributed by atoms with Crippen LogP contribution in [0.25, 0.3) is 11.0 Å². The Hall–Kier alpha value is -5.88. The topological polar surface area (TPSA) is 89.1 Å². The Balaban J connectivity index is 0.000000207. The molecule has 49 heavy (non-hydrogen) atoms. The van der Waals surface area contributed by atoms with Crippen LogP contribution in [-0.2, 0) is 0 Å². The van der Waals surface area contributed by atoms with Gasteiger partial charge in [-0.15, -0.1) is 0 Å². The fourth-order valence-electron chi connectivity index (χ4n) is 3.75. The van der Waals surface area contributed by atoms with Crippen molar-refractivity contribution >= 4 is 11.0 Å². The van der Waals surface area contributed by atoms with E-state index < -0.39 is 0 Å². The van der Waals surface area contributed by atoms with Crippen LogP contribution in [0.1, 0.15) is 39.1 Å². The van der Waals surface area contributed by atoms with E-state index in [4.69, 9.17) is 9.52 Å². The van der Waals surface area contributed by atoms with Crippen LogP contribution in [0.2, 0.25) is 0 Å². The number of fused-ring (bicyclic) bond motifs is 1. The van der Waals surface area contributed by atoms with Crippen LogP contribution in [0.4, 0.5) is 0 Å². The molecule has 0 saturated carbocycles. The Morgan fingerprint density at radius 3 is 1.55 bits per heavy atom. The SMILES string of the molecule is Cc1cc2ccccc2oc1=O.Cc1ccc(C)cc1.Cc1cccc(O)c1.Cc1ccccn1.Cc1cccnc1.Cc1ccncc1. The molecule has 7 rings (SSSR count). The third-order valence-electron chi connectivity index (χ3n) is 6.50. The first-order valence-electron chi connectivity index (χ1n) is 15.9. The lowest BCUT2D eigenvalue weighted by molar-refractivity contribution is 0.475. The van der Waals surface area contributed by atoms with Crippen molar-refractivity contribution in [2.45, 2.75) is 48.5 Å². The van der Waals surface area contributed by atoms with E-state index in [2.05, 4.69) is 53.1 Å². The van der Waals surface area contributed by atoms with E-state index in [1.807, 2.05) is 113 Å². The molecule has 0 aliphatic rings. The Kier molecular flexibility index (Phi) is 18.1. The van der Waals surface area contributed by atoms with Crippen molar-refractivity contribution in [2.24, 2.45) is 0 Å². The molecule has 252 valence electrons. The average Bonchev–Trinajstić information content (AvgIpc) is 3.09. The quantitative estimate of drug-likeness (QED) is 0.164. The van der Waals surface area contributed by atoms with Crippen LogP contribution in [-0.4, -0.2) is 20.1 Å². The van der Waals surface area contributed by atoms with E-state index in [0.29, 0.717) is 16.9 Å². The number of phenols is 1. The van der Waals surface area contributed by atoms with Crippen LogP contribution >= 0.6 is 0 Å². The molecule has 6 heteroatoms. The van der Waals surface area contributed by atoms with E-state index in [1.165, 1.54) is 22.3 Å².